The van der Waals surface area contributed by atoms with Crippen molar-refractivity contribution in [2.75, 3.05) is 33.9 Å². The van der Waals surface area contributed by atoms with Crippen molar-refractivity contribution < 1.29 is 9.47 Å². The molecule has 2 aromatic carbocycles. The van der Waals surface area contributed by atoms with E-state index >= 15 is 0 Å². The molecule has 1 aromatic heterocycles. The van der Waals surface area contributed by atoms with Gasteiger partial charge in [-0.25, -0.2) is 14.7 Å². The van der Waals surface area contributed by atoms with E-state index < -0.39 is 0 Å². The van der Waals surface area contributed by atoms with E-state index in [1.165, 1.54) is 16.8 Å². The van der Waals surface area contributed by atoms with Crippen LogP contribution in [0.4, 0.5) is 0 Å². The van der Waals surface area contributed by atoms with Gasteiger partial charge in [0.1, 0.15) is 17.2 Å². The average Bonchev–Trinajstić information content (AvgIpc) is 3.61. The second-order valence-electron chi connectivity index (χ2n) is 11.6. The number of fused-ring (bicyclic) bond motifs is 1. The maximum absolute atomic E-state index is 5.79. The lowest BCUT2D eigenvalue weighted by atomic mass is 9.99. The third kappa shape index (κ3) is 6.80. The van der Waals surface area contributed by atoms with E-state index in [1.807, 2.05) is 38.1 Å². The van der Waals surface area contributed by atoms with Gasteiger partial charge < -0.3 is 19.3 Å². The van der Waals surface area contributed by atoms with E-state index in [0.29, 0.717) is 29.1 Å². The Hall–Kier alpha value is -4.85. The van der Waals surface area contributed by atoms with Crippen LogP contribution in [0, 0.1) is 19.8 Å². The number of methoxy groups -OCH3 is 2. The summed E-state index contributed by atoms with van der Waals surface area (Å²) in [4.78, 5) is 14.8. The smallest absolute Gasteiger partial charge is 0.252 e. The van der Waals surface area contributed by atoms with Crippen LogP contribution in [0.25, 0.3) is 11.8 Å². The topological polar surface area (TPSA) is 67.5 Å². The second kappa shape index (κ2) is 13.8. The summed E-state index contributed by atoms with van der Waals surface area (Å²) in [6.07, 6.45) is 11.0. The van der Waals surface area contributed by atoms with Crippen LogP contribution >= 0.6 is 0 Å². The molecule has 0 atom stereocenters. The third-order valence-electron chi connectivity index (χ3n) is 7.90. The molecule has 8 nitrogen and oxygen atoms in total. The Kier molecular flexibility index (Phi) is 9.71. The molecule has 3 heterocycles. The highest BCUT2D eigenvalue weighted by molar-refractivity contribution is 6.22. The summed E-state index contributed by atoms with van der Waals surface area (Å²) < 4.78 is 13.2. The normalized spacial score (nSPS) is 16.4. The van der Waals surface area contributed by atoms with E-state index in [9.17, 15) is 0 Å². The molecule has 3 aromatic rings. The fourth-order valence-corrected chi connectivity index (χ4v) is 5.72. The standard InChI is InChI=1S/C37H44N6O2/c1-9-41(10-2)29(15-17-34-31-14-12-11-13-28(31)19-20-42(34)24-25(3)4)22-33-36(32-23-30(44-7)16-18-35(32)45-8)39-37(38-33)43-27(6)21-26(5)40-43/h11-23,25H,9-10,24H2,1-8H3/b29-15-,33-22-,34-17+. The molecule has 0 radical (unpaired) electrons. The van der Waals surface area contributed by atoms with Crippen molar-refractivity contribution >= 4 is 23.4 Å². The summed E-state index contributed by atoms with van der Waals surface area (Å²) in [5, 5.41) is 4.68. The van der Waals surface area contributed by atoms with Crippen molar-refractivity contribution in [3.63, 3.8) is 0 Å². The van der Waals surface area contributed by atoms with E-state index in [2.05, 4.69) is 97.4 Å². The van der Waals surface area contributed by atoms with Gasteiger partial charge in [0.05, 0.1) is 25.6 Å². The molecule has 0 aliphatic carbocycles. The Morgan fingerprint density at radius 2 is 1.73 bits per heavy atom. The second-order valence-corrected chi connectivity index (χ2v) is 11.6. The number of hydrogen-bond donors (Lipinski definition) is 0. The van der Waals surface area contributed by atoms with Crippen molar-refractivity contribution in [3.05, 3.63) is 112 Å². The first kappa shape index (κ1) is 31.6. The van der Waals surface area contributed by atoms with Crippen LogP contribution in [-0.2, 0) is 0 Å². The first-order valence-corrected chi connectivity index (χ1v) is 15.6. The van der Waals surface area contributed by atoms with Gasteiger partial charge in [-0.2, -0.15) is 5.10 Å². The minimum Gasteiger partial charge on any atom is -0.497 e. The number of likely N-dealkylation sites (N-methyl/N-ethyl adjacent to an activating group) is 1. The summed E-state index contributed by atoms with van der Waals surface area (Å²) in [5.74, 6) is 2.42. The molecule has 0 unspecified atom stereocenters. The van der Waals surface area contributed by atoms with Gasteiger partial charge in [0, 0.05) is 54.0 Å². The van der Waals surface area contributed by atoms with Crippen LogP contribution < -0.4 is 9.47 Å². The van der Waals surface area contributed by atoms with Crippen LogP contribution in [-0.4, -0.2) is 65.1 Å². The Balaban J connectivity index is 1.69. The fourth-order valence-electron chi connectivity index (χ4n) is 5.72. The molecule has 45 heavy (non-hydrogen) atoms. The van der Waals surface area contributed by atoms with E-state index in [-0.39, 0.29) is 0 Å². The van der Waals surface area contributed by atoms with Gasteiger partial charge in [-0.3, -0.25) is 0 Å². The predicted molar refractivity (Wildman–Crippen MR) is 185 cm³/mol. The van der Waals surface area contributed by atoms with Crippen LogP contribution in [0.3, 0.4) is 0 Å². The maximum atomic E-state index is 5.79. The molecule has 0 amide bonds. The Labute approximate surface area is 267 Å². The fraction of sp³-hybridized carbons (Fsp3) is 0.324. The van der Waals surface area contributed by atoms with Gasteiger partial charge in [0.15, 0.2) is 0 Å². The SMILES string of the molecule is CCN(CC)C(/C=C1\N=C(n2nc(C)cc2C)N=C1c1cc(OC)ccc1OC)=C\C=C1/c2ccccc2C=CN1CC(C)C. The zero-order chi connectivity index (χ0) is 32.1. The highest BCUT2D eigenvalue weighted by Gasteiger charge is 2.25. The molecule has 2 aliphatic heterocycles. The zero-order valence-corrected chi connectivity index (χ0v) is 27.7. The highest BCUT2D eigenvalue weighted by Crippen LogP contribution is 2.32. The lowest BCUT2D eigenvalue weighted by molar-refractivity contribution is 0.394. The van der Waals surface area contributed by atoms with E-state index in [0.717, 1.165) is 48.0 Å². The highest BCUT2D eigenvalue weighted by atomic mass is 16.5. The third-order valence-corrected chi connectivity index (χ3v) is 7.90. The number of aromatic nitrogens is 2. The van der Waals surface area contributed by atoms with Gasteiger partial charge >= 0.3 is 0 Å². The van der Waals surface area contributed by atoms with Gasteiger partial charge in [-0.1, -0.05) is 38.1 Å². The predicted octanol–water partition coefficient (Wildman–Crippen LogP) is 7.32. The number of ether oxygens (including phenoxy) is 2. The zero-order valence-electron chi connectivity index (χ0n) is 27.7. The molecule has 0 saturated carbocycles. The van der Waals surface area contributed by atoms with Crippen molar-refractivity contribution in [1.29, 1.82) is 0 Å². The molecule has 2 aliphatic rings. The molecule has 234 valence electrons. The number of aryl methyl sites for hydroxylation is 2. The lowest BCUT2D eigenvalue weighted by Crippen LogP contribution is -2.24. The lowest BCUT2D eigenvalue weighted by Gasteiger charge is -2.30. The van der Waals surface area contributed by atoms with Gasteiger partial charge in [-0.05, 0) is 87.7 Å². The van der Waals surface area contributed by atoms with Gasteiger partial charge in [-0.15, -0.1) is 0 Å². The van der Waals surface area contributed by atoms with E-state index in [1.54, 1.807) is 18.9 Å². The molecule has 0 bridgehead atoms. The number of hydrogen-bond acceptors (Lipinski definition) is 7. The number of aliphatic imine (C=N–C) groups is 2. The van der Waals surface area contributed by atoms with E-state index in [4.69, 9.17) is 19.5 Å². The van der Waals surface area contributed by atoms with Crippen LogP contribution in [0.1, 0.15) is 55.8 Å². The molecular weight excluding hydrogens is 560 g/mol. The molecule has 0 saturated heterocycles. The van der Waals surface area contributed by atoms with Crippen molar-refractivity contribution in [2.45, 2.75) is 41.5 Å². The molecule has 8 heteroatoms. The number of rotatable bonds is 10. The number of nitrogens with zero attached hydrogens (tertiary/aromatic N) is 6. The molecule has 0 N–H and O–H groups in total. The minimum atomic E-state index is 0.508. The Bertz CT molecular complexity index is 1730. The average molecular weight is 605 g/mol. The largest absolute Gasteiger partial charge is 0.497 e. The quantitative estimate of drug-likeness (QED) is 0.243. The van der Waals surface area contributed by atoms with Gasteiger partial charge in [0.2, 0.25) is 0 Å². The van der Waals surface area contributed by atoms with Crippen LogP contribution in [0.2, 0.25) is 0 Å². The number of allylic oxidation sites excluding steroid dienone is 4. The Morgan fingerprint density at radius 3 is 2.40 bits per heavy atom. The maximum Gasteiger partial charge on any atom is 0.252 e. The van der Waals surface area contributed by atoms with Crippen LogP contribution in [0.5, 0.6) is 11.5 Å². The summed E-state index contributed by atoms with van der Waals surface area (Å²) in [5.41, 5.74) is 8.74. The first-order chi connectivity index (χ1) is 21.8. The first-order valence-electron chi connectivity index (χ1n) is 15.6. The van der Waals surface area contributed by atoms with Gasteiger partial charge in [0.25, 0.3) is 5.96 Å². The van der Waals surface area contributed by atoms with Crippen LogP contribution in [0.15, 0.2) is 94.3 Å². The summed E-state index contributed by atoms with van der Waals surface area (Å²) >= 11 is 0. The van der Waals surface area contributed by atoms with Crippen molar-refractivity contribution in [2.24, 2.45) is 15.9 Å². The molecule has 0 spiro atoms. The summed E-state index contributed by atoms with van der Waals surface area (Å²) in [6, 6.07) is 16.3. The summed E-state index contributed by atoms with van der Waals surface area (Å²) in [6.45, 7) is 15.4. The Morgan fingerprint density at radius 1 is 0.956 bits per heavy atom. The summed E-state index contributed by atoms with van der Waals surface area (Å²) in [7, 11) is 3.33. The number of benzene rings is 2. The van der Waals surface area contributed by atoms with Crippen molar-refractivity contribution in [3.8, 4) is 11.5 Å². The minimum absolute atomic E-state index is 0.508. The molecule has 0 fully saturated rings. The molecular formula is C37H44N6O2. The molecule has 5 rings (SSSR count). The van der Waals surface area contributed by atoms with Crippen molar-refractivity contribution in [1.82, 2.24) is 19.6 Å². The monoisotopic (exact) mass is 604 g/mol.